The van der Waals surface area contributed by atoms with E-state index in [9.17, 15) is 4.79 Å². The van der Waals surface area contributed by atoms with Gasteiger partial charge < -0.3 is 15.6 Å². The van der Waals surface area contributed by atoms with E-state index in [2.05, 4.69) is 22.1 Å². The molecular formula is C21H26N6O. The molecule has 0 bridgehead atoms. The second-order valence-electron chi connectivity index (χ2n) is 8.89. The zero-order chi connectivity index (χ0) is 19.8. The highest BCUT2D eigenvalue weighted by molar-refractivity contribution is 5.99. The van der Waals surface area contributed by atoms with Gasteiger partial charge in [0, 0.05) is 24.0 Å². The van der Waals surface area contributed by atoms with Gasteiger partial charge in [-0.05, 0) is 62.1 Å². The number of nitrogens with zero attached hydrogens (tertiary/aromatic N) is 3. The Balaban J connectivity index is 1.54. The van der Waals surface area contributed by atoms with Crippen molar-refractivity contribution in [3.8, 4) is 11.5 Å². The zero-order valence-electron chi connectivity index (χ0n) is 16.8. The van der Waals surface area contributed by atoms with Crippen LogP contribution in [-0.2, 0) is 17.6 Å². The molecule has 2 aromatic heterocycles. The van der Waals surface area contributed by atoms with Crippen molar-refractivity contribution in [1.29, 1.82) is 0 Å². The van der Waals surface area contributed by atoms with Crippen molar-refractivity contribution in [3.63, 3.8) is 0 Å². The Morgan fingerprint density at radius 3 is 2.96 bits per heavy atom. The molecule has 3 atom stereocenters. The average molecular weight is 378 g/mol. The summed E-state index contributed by atoms with van der Waals surface area (Å²) in [6.45, 7) is 6.06. The molecule has 3 aromatic rings. The van der Waals surface area contributed by atoms with Crippen LogP contribution in [0.15, 0.2) is 12.1 Å². The highest BCUT2D eigenvalue weighted by atomic mass is 16.2. The van der Waals surface area contributed by atoms with Gasteiger partial charge in [0.15, 0.2) is 5.82 Å². The first-order valence-corrected chi connectivity index (χ1v) is 9.87. The van der Waals surface area contributed by atoms with E-state index < -0.39 is 6.04 Å². The van der Waals surface area contributed by atoms with E-state index in [0.29, 0.717) is 5.41 Å². The van der Waals surface area contributed by atoms with Crippen molar-refractivity contribution in [2.75, 3.05) is 11.9 Å². The summed E-state index contributed by atoms with van der Waals surface area (Å²) in [6, 6.07) is 3.43. The third-order valence-corrected chi connectivity index (χ3v) is 6.63. The van der Waals surface area contributed by atoms with Crippen LogP contribution in [0.4, 0.5) is 5.69 Å². The van der Waals surface area contributed by atoms with Gasteiger partial charge in [-0.1, -0.05) is 6.92 Å². The lowest BCUT2D eigenvalue weighted by Crippen LogP contribution is -2.40. The lowest BCUT2D eigenvalue weighted by Gasteiger charge is -2.21. The minimum Gasteiger partial charge on any atom is -0.337 e. The number of nitrogens with two attached hydrogens (primary N) is 1. The number of imidazole rings is 1. The van der Waals surface area contributed by atoms with E-state index in [1.165, 1.54) is 17.7 Å². The summed E-state index contributed by atoms with van der Waals surface area (Å²) in [5.74, 6) is 1.44. The quantitative estimate of drug-likeness (QED) is 0.652. The SMILES string of the molecule is Cc1cc2[nH]c(-c3n[nH]c4c3C[C@@H]3C[C@]3(C)C4)nc2cc1N(C)C(=O)[C@H](C)N. The summed E-state index contributed by atoms with van der Waals surface area (Å²) in [4.78, 5) is 22.1. The van der Waals surface area contributed by atoms with Crippen LogP contribution in [0, 0.1) is 18.3 Å². The fourth-order valence-corrected chi connectivity index (χ4v) is 4.70. The second kappa shape index (κ2) is 5.67. The van der Waals surface area contributed by atoms with Crippen LogP contribution in [0.3, 0.4) is 0 Å². The minimum absolute atomic E-state index is 0.118. The molecule has 7 heteroatoms. The third-order valence-electron chi connectivity index (χ3n) is 6.63. The molecular weight excluding hydrogens is 352 g/mol. The molecule has 2 heterocycles. The first kappa shape index (κ1) is 17.4. The molecule has 0 radical (unpaired) electrons. The third kappa shape index (κ3) is 2.49. The average Bonchev–Trinajstić information content (AvgIpc) is 2.96. The molecule has 1 fully saturated rings. The van der Waals surface area contributed by atoms with Gasteiger partial charge in [-0.2, -0.15) is 5.10 Å². The highest BCUT2D eigenvalue weighted by Crippen LogP contribution is 2.59. The number of likely N-dealkylation sites (N-methyl/N-ethyl adjacent to an activating group) is 1. The predicted molar refractivity (Wildman–Crippen MR) is 109 cm³/mol. The topological polar surface area (TPSA) is 104 Å². The number of H-pyrrole nitrogens is 2. The summed E-state index contributed by atoms with van der Waals surface area (Å²) in [6.07, 6.45) is 3.45. The molecule has 7 nitrogen and oxygen atoms in total. The van der Waals surface area contributed by atoms with Crippen molar-refractivity contribution in [2.24, 2.45) is 17.1 Å². The normalized spacial score (nSPS) is 24.0. The summed E-state index contributed by atoms with van der Waals surface area (Å²) in [5, 5.41) is 7.82. The van der Waals surface area contributed by atoms with Gasteiger partial charge in [0.1, 0.15) is 5.69 Å². The minimum atomic E-state index is -0.543. The van der Waals surface area contributed by atoms with Gasteiger partial charge in [0.05, 0.1) is 17.1 Å². The van der Waals surface area contributed by atoms with E-state index >= 15 is 0 Å². The van der Waals surface area contributed by atoms with Crippen LogP contribution >= 0.6 is 0 Å². The van der Waals surface area contributed by atoms with E-state index in [-0.39, 0.29) is 5.91 Å². The van der Waals surface area contributed by atoms with Crippen molar-refractivity contribution < 1.29 is 4.79 Å². The van der Waals surface area contributed by atoms with Crippen LogP contribution in [0.25, 0.3) is 22.6 Å². The number of nitrogens with one attached hydrogen (secondary N) is 2. The maximum Gasteiger partial charge on any atom is 0.243 e. The Kier molecular flexibility index (Phi) is 3.53. The lowest BCUT2D eigenvalue weighted by atomic mass is 9.88. The summed E-state index contributed by atoms with van der Waals surface area (Å²) < 4.78 is 0. The number of benzene rings is 1. The van der Waals surface area contributed by atoms with Gasteiger partial charge in [0.2, 0.25) is 5.91 Å². The maximum absolute atomic E-state index is 12.3. The molecule has 0 saturated heterocycles. The van der Waals surface area contributed by atoms with Crippen LogP contribution < -0.4 is 10.6 Å². The number of amides is 1. The largest absolute Gasteiger partial charge is 0.337 e. The summed E-state index contributed by atoms with van der Waals surface area (Å²) in [7, 11) is 1.75. The van der Waals surface area contributed by atoms with Crippen molar-refractivity contribution in [2.45, 2.75) is 46.1 Å². The molecule has 28 heavy (non-hydrogen) atoms. The monoisotopic (exact) mass is 378 g/mol. The van der Waals surface area contributed by atoms with E-state index in [4.69, 9.17) is 10.7 Å². The molecule has 4 N–H and O–H groups in total. The van der Waals surface area contributed by atoms with E-state index in [0.717, 1.165) is 52.6 Å². The molecule has 5 rings (SSSR count). The maximum atomic E-state index is 12.3. The number of carbonyl (C=O) groups is 1. The number of carbonyl (C=O) groups excluding carboxylic acids is 1. The second-order valence-corrected chi connectivity index (χ2v) is 8.89. The van der Waals surface area contributed by atoms with Crippen molar-refractivity contribution >= 4 is 22.6 Å². The molecule has 2 aliphatic rings. The first-order valence-electron chi connectivity index (χ1n) is 9.87. The van der Waals surface area contributed by atoms with E-state index in [1.54, 1.807) is 18.9 Å². The van der Waals surface area contributed by atoms with Gasteiger partial charge in [-0.3, -0.25) is 9.89 Å². The molecule has 0 spiro atoms. The van der Waals surface area contributed by atoms with Crippen LogP contribution in [0.2, 0.25) is 0 Å². The fraction of sp³-hybridized carbons (Fsp3) is 0.476. The first-order chi connectivity index (χ1) is 13.3. The van der Waals surface area contributed by atoms with Crippen molar-refractivity contribution in [3.05, 3.63) is 29.0 Å². The lowest BCUT2D eigenvalue weighted by molar-refractivity contribution is -0.119. The molecule has 1 saturated carbocycles. The number of aromatic amines is 2. The number of fused-ring (bicyclic) bond motifs is 3. The Morgan fingerprint density at radius 2 is 2.21 bits per heavy atom. The Bertz CT molecular complexity index is 1110. The fourth-order valence-electron chi connectivity index (χ4n) is 4.70. The van der Waals surface area contributed by atoms with Gasteiger partial charge >= 0.3 is 0 Å². The summed E-state index contributed by atoms with van der Waals surface area (Å²) in [5.41, 5.74) is 13.3. The van der Waals surface area contributed by atoms with Crippen LogP contribution in [-0.4, -0.2) is 39.2 Å². The van der Waals surface area contributed by atoms with Crippen LogP contribution in [0.1, 0.15) is 37.1 Å². The highest BCUT2D eigenvalue weighted by Gasteiger charge is 2.53. The number of aryl methyl sites for hydroxylation is 1. The molecule has 146 valence electrons. The molecule has 0 aliphatic heterocycles. The van der Waals surface area contributed by atoms with E-state index in [1.807, 2.05) is 19.1 Å². The predicted octanol–water partition coefficient (Wildman–Crippen LogP) is 2.70. The Labute approximate surface area is 163 Å². The number of hydrogen-bond acceptors (Lipinski definition) is 4. The number of anilines is 1. The number of rotatable bonds is 3. The zero-order valence-corrected chi connectivity index (χ0v) is 16.8. The summed E-state index contributed by atoms with van der Waals surface area (Å²) >= 11 is 0. The smallest absolute Gasteiger partial charge is 0.243 e. The van der Waals surface area contributed by atoms with Gasteiger partial charge in [-0.25, -0.2) is 4.98 Å². The van der Waals surface area contributed by atoms with Crippen LogP contribution in [0.5, 0.6) is 0 Å². The standard InChI is InChI=1S/C21H26N6O/c1-10-5-14-15(7-17(10)27(4)20(28)11(2)22)24-19(23-14)18-13-6-12-8-21(12,3)9-16(13)25-26-18/h5,7,11-12H,6,8-9,22H2,1-4H3,(H,23,24)(H,25,26)/t11-,12+,21+/m0/s1. The molecule has 2 aliphatic carbocycles. The molecule has 1 amide bonds. The number of aromatic nitrogens is 4. The Morgan fingerprint density at radius 1 is 1.43 bits per heavy atom. The number of hydrogen-bond donors (Lipinski definition) is 3. The molecule has 1 aromatic carbocycles. The van der Waals surface area contributed by atoms with Gasteiger partial charge in [0.25, 0.3) is 0 Å². The molecule has 0 unspecified atom stereocenters. The van der Waals surface area contributed by atoms with Crippen molar-refractivity contribution in [1.82, 2.24) is 20.2 Å². The van der Waals surface area contributed by atoms with Gasteiger partial charge in [-0.15, -0.1) is 0 Å². The Hall–Kier alpha value is -2.67.